The summed E-state index contributed by atoms with van der Waals surface area (Å²) in [5, 5.41) is 0. The summed E-state index contributed by atoms with van der Waals surface area (Å²) in [6.45, 7) is 2.73. The number of hydrogen-bond donors (Lipinski definition) is 1. The highest BCUT2D eigenvalue weighted by Gasteiger charge is 2.18. The Morgan fingerprint density at radius 2 is 2.26 bits per heavy atom. The zero-order valence-corrected chi connectivity index (χ0v) is 12.0. The summed E-state index contributed by atoms with van der Waals surface area (Å²) in [5.41, 5.74) is 6.84. The first-order chi connectivity index (χ1) is 9.29. The van der Waals surface area contributed by atoms with Crippen LogP contribution in [0.3, 0.4) is 0 Å². The summed E-state index contributed by atoms with van der Waals surface area (Å²) in [5.74, 6) is 0.976. The number of rotatable bonds is 6. The van der Waals surface area contributed by atoms with Crippen molar-refractivity contribution in [3.05, 3.63) is 29.8 Å². The van der Waals surface area contributed by atoms with Gasteiger partial charge in [-0.2, -0.15) is 0 Å². The van der Waals surface area contributed by atoms with Crippen LogP contribution >= 0.6 is 0 Å². The Balaban J connectivity index is 1.77. The molecule has 2 N–H and O–H groups in total. The van der Waals surface area contributed by atoms with Crippen molar-refractivity contribution >= 4 is 0 Å². The van der Waals surface area contributed by atoms with E-state index in [9.17, 15) is 0 Å². The maximum Gasteiger partial charge on any atom is 0.119 e. The van der Waals surface area contributed by atoms with Crippen LogP contribution in [0, 0.1) is 0 Å². The summed E-state index contributed by atoms with van der Waals surface area (Å²) < 4.78 is 5.88. The number of benzene rings is 1. The van der Waals surface area contributed by atoms with Gasteiger partial charge in [0.1, 0.15) is 5.75 Å². The molecule has 0 amide bonds. The minimum atomic E-state index is 0.691. The third-order valence-corrected chi connectivity index (χ3v) is 3.97. The molecule has 1 fully saturated rings. The molecular formula is C16H26N2O. The van der Waals surface area contributed by atoms with Crippen LogP contribution in [-0.2, 0) is 6.42 Å². The van der Waals surface area contributed by atoms with Crippen molar-refractivity contribution in [3.63, 3.8) is 0 Å². The van der Waals surface area contributed by atoms with E-state index < -0.39 is 0 Å². The van der Waals surface area contributed by atoms with Crippen LogP contribution in [0.15, 0.2) is 24.3 Å². The van der Waals surface area contributed by atoms with Gasteiger partial charge >= 0.3 is 0 Å². The number of likely N-dealkylation sites (tertiary alicyclic amines) is 1. The van der Waals surface area contributed by atoms with Crippen molar-refractivity contribution in [1.29, 1.82) is 0 Å². The normalized spacial score (nSPS) is 20.4. The highest BCUT2D eigenvalue weighted by Crippen LogP contribution is 2.19. The van der Waals surface area contributed by atoms with E-state index in [4.69, 9.17) is 10.5 Å². The maximum absolute atomic E-state index is 5.88. The summed E-state index contributed by atoms with van der Waals surface area (Å²) >= 11 is 0. The largest absolute Gasteiger partial charge is 0.494 e. The lowest BCUT2D eigenvalue weighted by Gasteiger charge is -2.32. The van der Waals surface area contributed by atoms with Crippen LogP contribution in [0.1, 0.15) is 31.2 Å². The van der Waals surface area contributed by atoms with E-state index in [1.54, 1.807) is 0 Å². The van der Waals surface area contributed by atoms with E-state index >= 15 is 0 Å². The second kappa shape index (κ2) is 7.51. The standard InChI is InChI=1S/C16H26N2O/c1-18-11-3-2-6-15(18)9-12-19-16-7-4-5-14(13-16)8-10-17/h4-5,7,13,15H,2-3,6,8-12,17H2,1H3. The van der Waals surface area contributed by atoms with Crippen LogP contribution in [0.2, 0.25) is 0 Å². The molecule has 106 valence electrons. The number of hydrogen-bond acceptors (Lipinski definition) is 3. The van der Waals surface area contributed by atoms with Crippen LogP contribution in [0.4, 0.5) is 0 Å². The molecule has 1 atom stereocenters. The number of ether oxygens (including phenoxy) is 1. The molecular weight excluding hydrogens is 236 g/mol. The third kappa shape index (κ3) is 4.51. The van der Waals surface area contributed by atoms with Gasteiger partial charge in [0, 0.05) is 6.04 Å². The summed E-state index contributed by atoms with van der Waals surface area (Å²) in [4.78, 5) is 2.47. The molecule has 1 aliphatic rings. The van der Waals surface area contributed by atoms with Crippen molar-refractivity contribution in [2.45, 2.75) is 38.1 Å². The molecule has 0 aliphatic carbocycles. The van der Waals surface area contributed by atoms with E-state index in [0.29, 0.717) is 12.6 Å². The summed E-state index contributed by atoms with van der Waals surface area (Å²) in [7, 11) is 2.23. The van der Waals surface area contributed by atoms with Gasteiger partial charge < -0.3 is 15.4 Å². The SMILES string of the molecule is CN1CCCCC1CCOc1cccc(CCN)c1. The fourth-order valence-corrected chi connectivity index (χ4v) is 2.78. The summed E-state index contributed by atoms with van der Waals surface area (Å²) in [6, 6.07) is 8.99. The van der Waals surface area contributed by atoms with Crippen molar-refractivity contribution in [3.8, 4) is 5.75 Å². The first-order valence-corrected chi connectivity index (χ1v) is 7.41. The van der Waals surface area contributed by atoms with Gasteiger partial charge in [0.05, 0.1) is 6.61 Å². The molecule has 1 aromatic rings. The Labute approximate surface area is 116 Å². The number of piperidine rings is 1. The molecule has 1 saturated heterocycles. The molecule has 0 spiro atoms. The van der Waals surface area contributed by atoms with Gasteiger partial charge in [-0.3, -0.25) is 0 Å². The first kappa shape index (κ1) is 14.4. The molecule has 1 aliphatic heterocycles. The molecule has 0 aromatic heterocycles. The fourth-order valence-electron chi connectivity index (χ4n) is 2.78. The van der Waals surface area contributed by atoms with Gasteiger partial charge in [-0.1, -0.05) is 18.6 Å². The Kier molecular flexibility index (Phi) is 5.67. The molecule has 2 rings (SSSR count). The minimum Gasteiger partial charge on any atom is -0.494 e. The lowest BCUT2D eigenvalue weighted by molar-refractivity contribution is 0.153. The monoisotopic (exact) mass is 262 g/mol. The smallest absolute Gasteiger partial charge is 0.119 e. The van der Waals surface area contributed by atoms with Gasteiger partial charge in [0.15, 0.2) is 0 Å². The van der Waals surface area contributed by atoms with E-state index in [-0.39, 0.29) is 0 Å². The lowest BCUT2D eigenvalue weighted by Crippen LogP contribution is -2.37. The Morgan fingerprint density at radius 1 is 1.37 bits per heavy atom. The zero-order valence-electron chi connectivity index (χ0n) is 12.0. The molecule has 0 bridgehead atoms. The van der Waals surface area contributed by atoms with Crippen molar-refractivity contribution in [2.75, 3.05) is 26.7 Å². The van der Waals surface area contributed by atoms with Gasteiger partial charge in [0.2, 0.25) is 0 Å². The van der Waals surface area contributed by atoms with Crippen LogP contribution in [0.25, 0.3) is 0 Å². The minimum absolute atomic E-state index is 0.691. The zero-order chi connectivity index (χ0) is 13.5. The topological polar surface area (TPSA) is 38.5 Å². The molecule has 1 heterocycles. The maximum atomic E-state index is 5.88. The van der Waals surface area contributed by atoms with Crippen LogP contribution in [0.5, 0.6) is 5.75 Å². The average molecular weight is 262 g/mol. The highest BCUT2D eigenvalue weighted by atomic mass is 16.5. The predicted molar refractivity (Wildman–Crippen MR) is 79.6 cm³/mol. The summed E-state index contributed by atoms with van der Waals surface area (Å²) in [6.07, 6.45) is 6.06. The van der Waals surface area contributed by atoms with E-state index in [0.717, 1.165) is 25.2 Å². The van der Waals surface area contributed by atoms with Gasteiger partial charge in [0.25, 0.3) is 0 Å². The second-order valence-electron chi connectivity index (χ2n) is 5.45. The van der Waals surface area contributed by atoms with Gasteiger partial charge in [-0.05, 0) is 63.5 Å². The van der Waals surface area contributed by atoms with Gasteiger partial charge in [-0.15, -0.1) is 0 Å². The molecule has 1 aromatic carbocycles. The molecule has 0 radical (unpaired) electrons. The predicted octanol–water partition coefficient (Wildman–Crippen LogP) is 2.44. The fraction of sp³-hybridized carbons (Fsp3) is 0.625. The Bertz CT molecular complexity index is 381. The number of nitrogens with zero attached hydrogens (tertiary/aromatic N) is 1. The quantitative estimate of drug-likeness (QED) is 0.856. The first-order valence-electron chi connectivity index (χ1n) is 7.41. The van der Waals surface area contributed by atoms with Crippen molar-refractivity contribution < 1.29 is 4.74 Å². The van der Waals surface area contributed by atoms with Crippen molar-refractivity contribution in [1.82, 2.24) is 4.90 Å². The number of nitrogens with two attached hydrogens (primary N) is 1. The third-order valence-electron chi connectivity index (χ3n) is 3.97. The van der Waals surface area contributed by atoms with E-state index in [1.807, 2.05) is 12.1 Å². The van der Waals surface area contributed by atoms with Gasteiger partial charge in [-0.25, -0.2) is 0 Å². The molecule has 3 nitrogen and oxygen atoms in total. The highest BCUT2D eigenvalue weighted by molar-refractivity contribution is 5.28. The van der Waals surface area contributed by atoms with Crippen molar-refractivity contribution in [2.24, 2.45) is 5.73 Å². The van der Waals surface area contributed by atoms with E-state index in [2.05, 4.69) is 24.1 Å². The van der Waals surface area contributed by atoms with Crippen LogP contribution in [-0.4, -0.2) is 37.7 Å². The Morgan fingerprint density at radius 3 is 3.05 bits per heavy atom. The Hall–Kier alpha value is -1.06. The average Bonchev–Trinajstić information content (AvgIpc) is 2.42. The van der Waals surface area contributed by atoms with E-state index in [1.165, 1.54) is 31.4 Å². The second-order valence-corrected chi connectivity index (χ2v) is 5.45. The molecule has 1 unspecified atom stereocenters. The molecule has 0 saturated carbocycles. The van der Waals surface area contributed by atoms with Crippen LogP contribution < -0.4 is 10.5 Å². The lowest BCUT2D eigenvalue weighted by atomic mass is 10.0. The molecule has 19 heavy (non-hydrogen) atoms. The molecule has 3 heteroatoms.